The summed E-state index contributed by atoms with van der Waals surface area (Å²) in [5.41, 5.74) is 0.872. The van der Waals surface area contributed by atoms with Crippen LogP contribution in [0.4, 0.5) is 0 Å². The Bertz CT molecular complexity index is 346. The predicted octanol–water partition coefficient (Wildman–Crippen LogP) is 2.10. The lowest BCUT2D eigenvalue weighted by molar-refractivity contribution is -0.143. The summed E-state index contributed by atoms with van der Waals surface area (Å²) in [7, 11) is 0. The first-order valence-corrected chi connectivity index (χ1v) is 5.45. The highest BCUT2D eigenvalue weighted by molar-refractivity contribution is 5.72. The van der Waals surface area contributed by atoms with Crippen LogP contribution in [-0.4, -0.2) is 22.8 Å². The first-order valence-electron chi connectivity index (χ1n) is 5.45. The number of carbonyl (C=O) groups is 1. The summed E-state index contributed by atoms with van der Waals surface area (Å²) in [5, 5.41) is 18.3. The maximum atomic E-state index is 11.1. The molecule has 0 amide bonds. The van der Waals surface area contributed by atoms with Crippen LogP contribution in [0.15, 0.2) is 30.3 Å². The predicted molar refractivity (Wildman–Crippen MR) is 66.0 cm³/mol. The van der Waals surface area contributed by atoms with Gasteiger partial charge in [0.05, 0.1) is 12.5 Å². The van der Waals surface area contributed by atoms with Gasteiger partial charge in [0.1, 0.15) is 0 Å². The van der Waals surface area contributed by atoms with E-state index in [-0.39, 0.29) is 5.92 Å². The Morgan fingerprint density at radius 2 is 2.00 bits per heavy atom. The molecule has 0 fully saturated rings. The van der Waals surface area contributed by atoms with Gasteiger partial charge in [-0.1, -0.05) is 37.3 Å². The van der Waals surface area contributed by atoms with E-state index in [4.69, 9.17) is 5.11 Å². The molecule has 0 aliphatic heterocycles. The van der Waals surface area contributed by atoms with Crippen molar-refractivity contribution in [2.45, 2.75) is 12.8 Å². The fourth-order valence-corrected chi connectivity index (χ4v) is 1.77. The number of benzene rings is 1. The molecule has 2 unspecified atom stereocenters. The molecule has 3 heteroatoms. The average molecular weight is 233 g/mol. The molecule has 1 aromatic carbocycles. The largest absolute Gasteiger partial charge is 0.481 e. The van der Waals surface area contributed by atoms with Crippen LogP contribution in [0.2, 0.25) is 0 Å². The lowest BCUT2D eigenvalue weighted by Crippen LogP contribution is -2.26. The molecule has 91 valence electrons. The van der Waals surface area contributed by atoms with Crippen molar-refractivity contribution in [2.75, 3.05) is 6.61 Å². The minimum Gasteiger partial charge on any atom is -0.481 e. The summed E-state index contributed by atoms with van der Waals surface area (Å²) >= 11 is 0. The second kappa shape index (κ2) is 6.40. The van der Waals surface area contributed by atoms with Crippen molar-refractivity contribution in [3.63, 3.8) is 0 Å². The molecule has 1 rings (SSSR count). The van der Waals surface area contributed by atoms with Crippen LogP contribution in [0, 0.1) is 25.2 Å². The highest BCUT2D eigenvalue weighted by Gasteiger charge is 2.29. The molecule has 0 heterocycles. The van der Waals surface area contributed by atoms with E-state index in [1.807, 2.05) is 37.3 Å². The van der Waals surface area contributed by atoms with Gasteiger partial charge in [0, 0.05) is 5.92 Å². The normalized spacial score (nSPS) is 14.6. The standard InChI is InChI=1S/C14H17O3/c1-10(2)8-12(13(9-15)14(16)17)11-6-4-3-5-7-11/h3-8,12-13,15H,1,9H2,2H3,(H,16,17). The van der Waals surface area contributed by atoms with Crippen molar-refractivity contribution >= 4 is 5.97 Å². The van der Waals surface area contributed by atoms with Gasteiger partial charge in [-0.2, -0.15) is 0 Å². The van der Waals surface area contributed by atoms with Crippen LogP contribution in [0.5, 0.6) is 0 Å². The monoisotopic (exact) mass is 233 g/mol. The summed E-state index contributed by atoms with van der Waals surface area (Å²) < 4.78 is 0. The van der Waals surface area contributed by atoms with Gasteiger partial charge in [-0.15, -0.1) is 0 Å². The van der Waals surface area contributed by atoms with Crippen LogP contribution in [-0.2, 0) is 4.79 Å². The molecule has 0 aliphatic carbocycles. The zero-order chi connectivity index (χ0) is 12.8. The third-order valence-corrected chi connectivity index (χ3v) is 2.60. The third-order valence-electron chi connectivity index (χ3n) is 2.60. The van der Waals surface area contributed by atoms with E-state index in [1.54, 1.807) is 6.42 Å². The fourth-order valence-electron chi connectivity index (χ4n) is 1.77. The quantitative estimate of drug-likeness (QED) is 0.791. The van der Waals surface area contributed by atoms with Gasteiger partial charge in [-0.05, 0) is 24.8 Å². The highest BCUT2D eigenvalue weighted by atomic mass is 16.4. The molecule has 17 heavy (non-hydrogen) atoms. The summed E-state index contributed by atoms with van der Waals surface area (Å²) in [4.78, 5) is 11.1. The third kappa shape index (κ3) is 3.86. The SMILES string of the molecule is [CH2][C](C)[CH]C(c1ccccc1)C(CO)C(=O)O. The van der Waals surface area contributed by atoms with Gasteiger partial charge in [0.25, 0.3) is 0 Å². The van der Waals surface area contributed by atoms with Gasteiger partial charge < -0.3 is 10.2 Å². The molecule has 0 saturated carbocycles. The van der Waals surface area contributed by atoms with Crippen molar-refractivity contribution in [1.29, 1.82) is 0 Å². The van der Waals surface area contributed by atoms with Gasteiger partial charge >= 0.3 is 5.97 Å². The van der Waals surface area contributed by atoms with E-state index in [0.717, 1.165) is 11.5 Å². The molecule has 1 aromatic rings. The summed E-state index contributed by atoms with van der Waals surface area (Å²) in [6.45, 7) is 5.19. The molecule has 0 aromatic heterocycles. The first kappa shape index (κ1) is 13.7. The molecule has 3 radical (unpaired) electrons. The molecular formula is C14H17O3. The van der Waals surface area contributed by atoms with Crippen LogP contribution in [0.25, 0.3) is 0 Å². The van der Waals surface area contributed by atoms with Crippen LogP contribution in [0.1, 0.15) is 18.4 Å². The molecular weight excluding hydrogens is 216 g/mol. The van der Waals surface area contributed by atoms with Crippen LogP contribution >= 0.6 is 0 Å². The molecule has 3 nitrogen and oxygen atoms in total. The van der Waals surface area contributed by atoms with E-state index in [9.17, 15) is 9.90 Å². The maximum Gasteiger partial charge on any atom is 0.309 e. The number of hydrogen-bond donors (Lipinski definition) is 2. The van der Waals surface area contributed by atoms with E-state index < -0.39 is 18.5 Å². The first-order chi connectivity index (χ1) is 8.06. The second-order valence-corrected chi connectivity index (χ2v) is 4.08. The van der Waals surface area contributed by atoms with Gasteiger partial charge in [-0.25, -0.2) is 0 Å². The smallest absolute Gasteiger partial charge is 0.309 e. The molecule has 0 aliphatic rings. The molecule has 2 atom stereocenters. The van der Waals surface area contributed by atoms with Crippen LogP contribution in [0.3, 0.4) is 0 Å². The maximum absolute atomic E-state index is 11.1. The number of aliphatic hydroxyl groups is 1. The minimum absolute atomic E-state index is 0.351. The Morgan fingerprint density at radius 1 is 1.41 bits per heavy atom. The second-order valence-electron chi connectivity index (χ2n) is 4.08. The Kier molecular flexibility index (Phi) is 5.16. The number of aliphatic hydroxyl groups excluding tert-OH is 1. The highest BCUT2D eigenvalue weighted by Crippen LogP contribution is 2.30. The van der Waals surface area contributed by atoms with E-state index in [1.165, 1.54) is 0 Å². The van der Waals surface area contributed by atoms with E-state index >= 15 is 0 Å². The van der Waals surface area contributed by atoms with E-state index in [2.05, 4.69) is 6.92 Å². The Labute approximate surface area is 102 Å². The zero-order valence-corrected chi connectivity index (χ0v) is 9.84. The number of carboxylic acid groups (broad SMARTS) is 1. The zero-order valence-electron chi connectivity index (χ0n) is 9.84. The number of hydrogen-bond acceptors (Lipinski definition) is 2. The number of rotatable bonds is 6. The van der Waals surface area contributed by atoms with Crippen molar-refractivity contribution in [3.8, 4) is 0 Å². The Morgan fingerprint density at radius 3 is 2.41 bits per heavy atom. The molecule has 0 bridgehead atoms. The molecule has 0 saturated heterocycles. The summed E-state index contributed by atoms with van der Waals surface area (Å²) in [5.74, 6) is -1.40. The number of aliphatic carboxylic acids is 1. The lowest BCUT2D eigenvalue weighted by atomic mass is 9.81. The van der Waals surface area contributed by atoms with Crippen molar-refractivity contribution in [1.82, 2.24) is 0 Å². The topological polar surface area (TPSA) is 57.5 Å². The van der Waals surface area contributed by atoms with Crippen molar-refractivity contribution in [3.05, 3.63) is 55.2 Å². The van der Waals surface area contributed by atoms with Crippen molar-refractivity contribution < 1.29 is 15.0 Å². The van der Waals surface area contributed by atoms with E-state index in [0.29, 0.717) is 0 Å². The number of carboxylic acids is 1. The van der Waals surface area contributed by atoms with Gasteiger partial charge in [-0.3, -0.25) is 4.79 Å². The van der Waals surface area contributed by atoms with Gasteiger partial charge in [0.2, 0.25) is 0 Å². The van der Waals surface area contributed by atoms with Gasteiger partial charge in [0.15, 0.2) is 0 Å². The lowest BCUT2D eigenvalue weighted by Gasteiger charge is -2.24. The minimum atomic E-state index is -1.00. The average Bonchev–Trinajstić information content (AvgIpc) is 2.29. The van der Waals surface area contributed by atoms with Crippen LogP contribution < -0.4 is 0 Å². The molecule has 0 spiro atoms. The Hall–Kier alpha value is -1.35. The summed E-state index contributed by atoms with van der Waals surface area (Å²) in [6, 6.07) is 9.29. The van der Waals surface area contributed by atoms with Crippen molar-refractivity contribution in [2.24, 2.45) is 5.92 Å². The molecule has 2 N–H and O–H groups in total. The fraction of sp³-hybridized carbons (Fsp3) is 0.286. The Balaban J connectivity index is 2.98. The summed E-state index contributed by atoms with van der Waals surface area (Å²) in [6.07, 6.45) is 1.78.